The number of Topliss-reactive ketones (excluding diaryl/α,β-unsaturated/α-hetero) is 1. The molecular formula is C10H19NO. The van der Waals surface area contributed by atoms with E-state index in [1.165, 1.54) is 12.8 Å². The zero-order chi connectivity index (χ0) is 8.97. The quantitative estimate of drug-likeness (QED) is 0.656. The van der Waals surface area contributed by atoms with Crippen LogP contribution in [0.4, 0.5) is 0 Å². The lowest BCUT2D eigenvalue weighted by atomic mass is 10.2. The summed E-state index contributed by atoms with van der Waals surface area (Å²) < 4.78 is 0. The van der Waals surface area contributed by atoms with Gasteiger partial charge in [0.05, 0.1) is 6.54 Å². The monoisotopic (exact) mass is 169 g/mol. The summed E-state index contributed by atoms with van der Waals surface area (Å²) in [6, 6.07) is 0.480. The first-order chi connectivity index (χ1) is 5.72. The van der Waals surface area contributed by atoms with Gasteiger partial charge in [0.1, 0.15) is 5.78 Å². The van der Waals surface area contributed by atoms with Crippen LogP contribution in [0.15, 0.2) is 0 Å². The normalized spacial score (nSPS) is 19.2. The molecule has 0 heterocycles. The van der Waals surface area contributed by atoms with E-state index in [2.05, 4.69) is 19.2 Å². The van der Waals surface area contributed by atoms with E-state index in [-0.39, 0.29) is 0 Å². The van der Waals surface area contributed by atoms with Crippen molar-refractivity contribution in [3.05, 3.63) is 0 Å². The molecule has 0 saturated heterocycles. The van der Waals surface area contributed by atoms with Crippen molar-refractivity contribution < 1.29 is 4.79 Å². The molecule has 1 saturated carbocycles. The van der Waals surface area contributed by atoms with Crippen molar-refractivity contribution in [2.75, 3.05) is 6.54 Å². The van der Waals surface area contributed by atoms with Crippen molar-refractivity contribution in [2.24, 2.45) is 5.92 Å². The highest BCUT2D eigenvalue weighted by Gasteiger charge is 2.23. The fourth-order valence-electron chi connectivity index (χ4n) is 1.15. The molecule has 0 aromatic heterocycles. The Balaban J connectivity index is 2.00. The molecule has 0 aromatic rings. The smallest absolute Gasteiger partial charge is 0.146 e. The Labute approximate surface area is 74.7 Å². The molecule has 0 spiro atoms. The van der Waals surface area contributed by atoms with Crippen LogP contribution in [-0.2, 0) is 4.79 Å². The lowest BCUT2D eigenvalue weighted by molar-refractivity contribution is -0.118. The van der Waals surface area contributed by atoms with Crippen molar-refractivity contribution in [1.82, 2.24) is 5.32 Å². The molecule has 0 amide bonds. The fourth-order valence-corrected chi connectivity index (χ4v) is 1.15. The lowest BCUT2D eigenvalue weighted by Crippen LogP contribution is -2.30. The second-order valence-corrected chi connectivity index (χ2v) is 3.88. The number of carbonyl (C=O) groups is 1. The van der Waals surface area contributed by atoms with Crippen LogP contribution >= 0.6 is 0 Å². The van der Waals surface area contributed by atoms with Gasteiger partial charge in [-0.25, -0.2) is 0 Å². The molecule has 1 unspecified atom stereocenters. The summed E-state index contributed by atoms with van der Waals surface area (Å²) in [6.07, 6.45) is 4.45. The van der Waals surface area contributed by atoms with Crippen molar-refractivity contribution in [2.45, 2.75) is 45.6 Å². The van der Waals surface area contributed by atoms with Gasteiger partial charge in [0.2, 0.25) is 0 Å². The molecule has 12 heavy (non-hydrogen) atoms. The highest BCUT2D eigenvalue weighted by atomic mass is 16.1. The zero-order valence-electron chi connectivity index (χ0n) is 8.10. The van der Waals surface area contributed by atoms with Crippen LogP contribution in [0.1, 0.15) is 39.5 Å². The molecule has 2 heteroatoms. The SMILES string of the molecule is CCC(C)NCC(=O)CC1CC1. The number of nitrogens with one attached hydrogen (secondary N) is 1. The first-order valence-electron chi connectivity index (χ1n) is 4.97. The van der Waals surface area contributed by atoms with Crippen molar-refractivity contribution in [3.63, 3.8) is 0 Å². The fraction of sp³-hybridized carbons (Fsp3) is 0.900. The summed E-state index contributed by atoms with van der Waals surface area (Å²) >= 11 is 0. The first-order valence-corrected chi connectivity index (χ1v) is 4.97. The van der Waals surface area contributed by atoms with Crippen LogP contribution in [0, 0.1) is 5.92 Å². The van der Waals surface area contributed by atoms with E-state index in [0.29, 0.717) is 18.4 Å². The van der Waals surface area contributed by atoms with Crippen molar-refractivity contribution >= 4 is 5.78 Å². The van der Waals surface area contributed by atoms with Crippen LogP contribution in [0.2, 0.25) is 0 Å². The Morgan fingerprint density at radius 2 is 2.25 bits per heavy atom. The summed E-state index contributed by atoms with van der Waals surface area (Å²) in [5, 5.41) is 3.22. The van der Waals surface area contributed by atoms with Crippen LogP contribution in [0.3, 0.4) is 0 Å². The number of rotatable bonds is 6. The van der Waals surface area contributed by atoms with E-state index < -0.39 is 0 Å². The van der Waals surface area contributed by atoms with Gasteiger partial charge in [-0.1, -0.05) is 6.92 Å². The summed E-state index contributed by atoms with van der Waals surface area (Å²) in [6.45, 7) is 4.82. The third-order valence-corrected chi connectivity index (χ3v) is 2.47. The lowest BCUT2D eigenvalue weighted by Gasteiger charge is -2.09. The van der Waals surface area contributed by atoms with Crippen LogP contribution in [-0.4, -0.2) is 18.4 Å². The van der Waals surface area contributed by atoms with E-state index in [1.54, 1.807) is 0 Å². The Morgan fingerprint density at radius 1 is 1.58 bits per heavy atom. The zero-order valence-corrected chi connectivity index (χ0v) is 8.10. The summed E-state index contributed by atoms with van der Waals surface area (Å²) in [5.74, 6) is 1.12. The van der Waals surface area contributed by atoms with Crippen molar-refractivity contribution in [3.8, 4) is 0 Å². The molecule has 1 fully saturated rings. The Morgan fingerprint density at radius 3 is 2.75 bits per heavy atom. The first kappa shape index (κ1) is 9.72. The van der Waals surface area contributed by atoms with Gasteiger partial charge >= 0.3 is 0 Å². The van der Waals surface area contributed by atoms with Crippen LogP contribution in [0.5, 0.6) is 0 Å². The van der Waals surface area contributed by atoms with E-state index in [0.717, 1.165) is 18.8 Å². The van der Waals surface area contributed by atoms with Crippen molar-refractivity contribution in [1.29, 1.82) is 0 Å². The second kappa shape index (κ2) is 4.61. The summed E-state index contributed by atoms with van der Waals surface area (Å²) in [5.41, 5.74) is 0. The van der Waals surface area contributed by atoms with E-state index in [9.17, 15) is 4.79 Å². The average Bonchev–Trinajstić information content (AvgIpc) is 2.84. The van der Waals surface area contributed by atoms with E-state index in [1.807, 2.05) is 0 Å². The molecule has 0 aliphatic heterocycles. The standard InChI is InChI=1S/C10H19NO/c1-3-8(2)11-7-10(12)6-9-4-5-9/h8-9,11H,3-7H2,1-2H3. The van der Waals surface area contributed by atoms with E-state index >= 15 is 0 Å². The van der Waals surface area contributed by atoms with Crippen LogP contribution < -0.4 is 5.32 Å². The highest BCUT2D eigenvalue weighted by Crippen LogP contribution is 2.32. The van der Waals surface area contributed by atoms with Gasteiger partial charge < -0.3 is 5.32 Å². The predicted octanol–water partition coefficient (Wildman–Crippen LogP) is 1.74. The molecule has 2 nitrogen and oxygen atoms in total. The maximum Gasteiger partial charge on any atom is 0.146 e. The van der Waals surface area contributed by atoms with Gasteiger partial charge in [0, 0.05) is 12.5 Å². The molecule has 1 rings (SSSR count). The Hall–Kier alpha value is -0.370. The summed E-state index contributed by atoms with van der Waals surface area (Å²) in [7, 11) is 0. The number of hydrogen-bond acceptors (Lipinski definition) is 2. The number of hydrogen-bond donors (Lipinski definition) is 1. The molecule has 0 radical (unpaired) electrons. The van der Waals surface area contributed by atoms with Gasteiger partial charge in [0.15, 0.2) is 0 Å². The molecule has 1 N–H and O–H groups in total. The Bertz CT molecular complexity index is 152. The summed E-state index contributed by atoms with van der Waals surface area (Å²) in [4.78, 5) is 11.3. The van der Waals surface area contributed by atoms with Gasteiger partial charge in [-0.3, -0.25) is 4.79 Å². The topological polar surface area (TPSA) is 29.1 Å². The third kappa shape index (κ3) is 3.86. The van der Waals surface area contributed by atoms with Crippen LogP contribution in [0.25, 0.3) is 0 Å². The molecule has 1 atom stereocenters. The largest absolute Gasteiger partial charge is 0.308 e. The maximum absolute atomic E-state index is 11.3. The predicted molar refractivity (Wildman–Crippen MR) is 50.1 cm³/mol. The third-order valence-electron chi connectivity index (χ3n) is 2.47. The van der Waals surface area contributed by atoms with E-state index in [4.69, 9.17) is 0 Å². The van der Waals surface area contributed by atoms with Gasteiger partial charge in [-0.15, -0.1) is 0 Å². The van der Waals surface area contributed by atoms with Gasteiger partial charge in [-0.05, 0) is 32.1 Å². The maximum atomic E-state index is 11.3. The minimum absolute atomic E-state index is 0.387. The molecular weight excluding hydrogens is 150 g/mol. The molecule has 70 valence electrons. The van der Waals surface area contributed by atoms with Gasteiger partial charge in [-0.2, -0.15) is 0 Å². The Kier molecular flexibility index (Phi) is 3.73. The number of ketones is 1. The molecule has 0 aromatic carbocycles. The molecule has 1 aliphatic carbocycles. The average molecular weight is 169 g/mol. The molecule has 1 aliphatic rings. The second-order valence-electron chi connectivity index (χ2n) is 3.88. The minimum atomic E-state index is 0.387. The van der Waals surface area contributed by atoms with Gasteiger partial charge in [0.25, 0.3) is 0 Å². The molecule has 0 bridgehead atoms. The number of carbonyl (C=O) groups excluding carboxylic acids is 1. The minimum Gasteiger partial charge on any atom is -0.308 e. The highest BCUT2D eigenvalue weighted by molar-refractivity contribution is 5.80.